The Morgan fingerprint density at radius 3 is 2.31 bits per heavy atom. The van der Waals surface area contributed by atoms with Crippen LogP contribution in [0.2, 0.25) is 0 Å². The van der Waals surface area contributed by atoms with E-state index in [0.717, 1.165) is 37.9 Å². The van der Waals surface area contributed by atoms with Gasteiger partial charge in [-0.3, -0.25) is 9.59 Å². The van der Waals surface area contributed by atoms with Crippen molar-refractivity contribution in [2.75, 3.05) is 18.9 Å². The number of rotatable bonds is 13. The van der Waals surface area contributed by atoms with E-state index < -0.39 is 6.04 Å². The Bertz CT molecular complexity index is 1100. The Morgan fingerprint density at radius 2 is 1.67 bits per heavy atom. The van der Waals surface area contributed by atoms with E-state index in [2.05, 4.69) is 72.0 Å². The zero-order chi connectivity index (χ0) is 28.6. The molecule has 1 aliphatic heterocycles. The summed E-state index contributed by atoms with van der Waals surface area (Å²) in [6.45, 7) is 16.9. The number of nitrogens with one attached hydrogen (secondary N) is 1. The lowest BCUT2D eigenvalue weighted by molar-refractivity contribution is -0.124. The molecule has 0 spiro atoms. The Hall–Kier alpha value is -2.47. The van der Waals surface area contributed by atoms with Gasteiger partial charge in [-0.2, -0.15) is 0 Å². The number of benzene rings is 2. The molecule has 2 aromatic rings. The van der Waals surface area contributed by atoms with Gasteiger partial charge in [0.25, 0.3) is 5.91 Å². The Kier molecular flexibility index (Phi) is 10.9. The van der Waals surface area contributed by atoms with E-state index in [0.29, 0.717) is 24.5 Å². The molecule has 0 radical (unpaired) electrons. The van der Waals surface area contributed by atoms with E-state index in [1.54, 1.807) is 16.7 Å². The van der Waals surface area contributed by atoms with Crippen molar-refractivity contribution >= 4 is 23.6 Å². The zero-order valence-electron chi connectivity index (χ0n) is 25.0. The third kappa shape index (κ3) is 7.59. The van der Waals surface area contributed by atoms with Gasteiger partial charge in [-0.25, -0.2) is 0 Å². The molecule has 39 heavy (non-hydrogen) atoms. The summed E-state index contributed by atoms with van der Waals surface area (Å²) in [5.74, 6) is 1.46. The first-order valence-electron chi connectivity index (χ1n) is 14.6. The van der Waals surface area contributed by atoms with Gasteiger partial charge in [0.15, 0.2) is 0 Å². The van der Waals surface area contributed by atoms with Gasteiger partial charge in [0.05, 0.1) is 12.0 Å². The number of nitrogens with zero attached hydrogens (tertiary/aromatic N) is 1. The van der Waals surface area contributed by atoms with Crippen LogP contribution in [0.15, 0.2) is 48.5 Å². The largest absolute Gasteiger partial charge is 0.493 e. The van der Waals surface area contributed by atoms with E-state index in [9.17, 15) is 9.59 Å². The third-order valence-corrected chi connectivity index (χ3v) is 9.84. The lowest BCUT2D eigenvalue weighted by Gasteiger charge is -2.30. The monoisotopic (exact) mass is 552 g/mol. The van der Waals surface area contributed by atoms with Crippen molar-refractivity contribution in [1.29, 1.82) is 0 Å². The van der Waals surface area contributed by atoms with E-state index in [1.165, 1.54) is 11.1 Å². The van der Waals surface area contributed by atoms with Crippen molar-refractivity contribution in [2.45, 2.75) is 103 Å². The van der Waals surface area contributed by atoms with Gasteiger partial charge in [0, 0.05) is 23.4 Å². The SMILES string of the molecule is CCC1SCC(C(=O)NCCCCOc2ccc(C(C)(C)CC)cc2C(C)(C)CC)N1C(=O)c1ccccc1. The highest BCUT2D eigenvalue weighted by Crippen LogP contribution is 2.38. The molecule has 1 saturated heterocycles. The van der Waals surface area contributed by atoms with Crippen LogP contribution in [0, 0.1) is 0 Å². The van der Waals surface area contributed by atoms with Crippen LogP contribution in [-0.4, -0.2) is 47.0 Å². The molecule has 0 bridgehead atoms. The number of carbonyl (C=O) groups is 2. The highest BCUT2D eigenvalue weighted by atomic mass is 32.2. The fourth-order valence-electron chi connectivity index (χ4n) is 4.82. The minimum atomic E-state index is -0.436. The lowest BCUT2D eigenvalue weighted by Crippen LogP contribution is -2.49. The van der Waals surface area contributed by atoms with Gasteiger partial charge in [-0.15, -0.1) is 11.8 Å². The zero-order valence-corrected chi connectivity index (χ0v) is 25.8. The van der Waals surface area contributed by atoms with E-state index >= 15 is 0 Å². The van der Waals surface area contributed by atoms with Gasteiger partial charge < -0.3 is 15.0 Å². The summed E-state index contributed by atoms with van der Waals surface area (Å²) < 4.78 is 6.29. The van der Waals surface area contributed by atoms with Crippen LogP contribution in [-0.2, 0) is 15.6 Å². The molecule has 2 unspecified atom stereocenters. The normalized spacial score (nSPS) is 17.8. The van der Waals surface area contributed by atoms with Crippen LogP contribution in [0.1, 0.15) is 102 Å². The molecule has 5 nitrogen and oxygen atoms in total. The minimum Gasteiger partial charge on any atom is -0.493 e. The van der Waals surface area contributed by atoms with Crippen LogP contribution < -0.4 is 10.1 Å². The predicted octanol–water partition coefficient (Wildman–Crippen LogP) is 7.33. The Labute approximate surface area is 240 Å². The third-order valence-electron chi connectivity index (χ3n) is 8.39. The first kappa shape index (κ1) is 31.1. The molecule has 2 atom stereocenters. The summed E-state index contributed by atoms with van der Waals surface area (Å²) >= 11 is 1.69. The average Bonchev–Trinajstić information content (AvgIpc) is 3.39. The molecule has 1 aliphatic rings. The highest BCUT2D eigenvalue weighted by molar-refractivity contribution is 8.00. The number of ether oxygens (including phenoxy) is 1. The maximum atomic E-state index is 13.2. The van der Waals surface area contributed by atoms with Crippen molar-refractivity contribution < 1.29 is 14.3 Å². The van der Waals surface area contributed by atoms with Crippen LogP contribution in [0.3, 0.4) is 0 Å². The summed E-state index contributed by atoms with van der Waals surface area (Å²) in [5, 5.41) is 3.10. The molecule has 2 aromatic carbocycles. The highest BCUT2D eigenvalue weighted by Gasteiger charge is 2.40. The van der Waals surface area contributed by atoms with E-state index in [4.69, 9.17) is 4.74 Å². The Morgan fingerprint density at radius 1 is 0.974 bits per heavy atom. The van der Waals surface area contributed by atoms with Crippen LogP contribution in [0.4, 0.5) is 0 Å². The predicted molar refractivity (Wildman–Crippen MR) is 164 cm³/mol. The van der Waals surface area contributed by atoms with Crippen LogP contribution in [0.5, 0.6) is 5.75 Å². The number of carbonyl (C=O) groups excluding carboxylic acids is 2. The molecule has 1 N–H and O–H groups in total. The molecule has 214 valence electrons. The second-order valence-electron chi connectivity index (χ2n) is 11.8. The number of hydrogen-bond donors (Lipinski definition) is 1. The fraction of sp³-hybridized carbons (Fsp3) is 0.576. The standard InChI is InChI=1S/C33H48N2O3S/c1-8-29-35(31(37)24-16-12-11-13-17-24)27(23-39-29)30(36)34-20-14-15-21-38-28-19-18-25(32(4,5)9-2)22-26(28)33(6,7)10-3/h11-13,16-19,22,27,29H,8-10,14-15,20-21,23H2,1-7H3,(H,34,36). The maximum Gasteiger partial charge on any atom is 0.255 e. The number of thioether (sulfide) groups is 1. The van der Waals surface area contributed by atoms with Gasteiger partial charge in [-0.1, -0.05) is 78.8 Å². The smallest absolute Gasteiger partial charge is 0.255 e. The average molecular weight is 553 g/mol. The number of hydrogen-bond acceptors (Lipinski definition) is 4. The second kappa shape index (κ2) is 13.7. The molecule has 0 aromatic heterocycles. The lowest BCUT2D eigenvalue weighted by atomic mass is 9.76. The molecule has 0 aliphatic carbocycles. The minimum absolute atomic E-state index is 0.0257. The molecule has 3 rings (SSSR count). The number of amides is 2. The van der Waals surface area contributed by atoms with Gasteiger partial charge in [0.2, 0.25) is 5.91 Å². The van der Waals surface area contributed by atoms with Crippen molar-refractivity contribution in [3.63, 3.8) is 0 Å². The molecule has 0 saturated carbocycles. The second-order valence-corrected chi connectivity index (χ2v) is 13.0. The van der Waals surface area contributed by atoms with Crippen molar-refractivity contribution in [1.82, 2.24) is 10.2 Å². The first-order chi connectivity index (χ1) is 18.6. The summed E-state index contributed by atoms with van der Waals surface area (Å²) in [7, 11) is 0. The van der Waals surface area contributed by atoms with Crippen LogP contribution >= 0.6 is 11.8 Å². The topological polar surface area (TPSA) is 58.6 Å². The van der Waals surface area contributed by atoms with E-state index in [-0.39, 0.29) is 28.0 Å². The molecule has 2 amide bonds. The summed E-state index contributed by atoms with van der Waals surface area (Å²) in [6, 6.07) is 15.5. The fourth-order valence-corrected chi connectivity index (χ4v) is 6.18. The number of unbranched alkanes of at least 4 members (excludes halogenated alkanes) is 1. The first-order valence-corrected chi connectivity index (χ1v) is 15.7. The summed E-state index contributed by atoms with van der Waals surface area (Å²) in [4.78, 5) is 28.1. The van der Waals surface area contributed by atoms with Gasteiger partial charge in [-0.05, 0) is 66.7 Å². The van der Waals surface area contributed by atoms with E-state index in [1.807, 2.05) is 30.3 Å². The van der Waals surface area contributed by atoms with Crippen molar-refractivity contribution in [3.8, 4) is 5.75 Å². The maximum absolute atomic E-state index is 13.2. The van der Waals surface area contributed by atoms with Crippen molar-refractivity contribution in [3.05, 3.63) is 65.2 Å². The summed E-state index contributed by atoms with van der Waals surface area (Å²) in [5.41, 5.74) is 3.41. The molecular weight excluding hydrogens is 504 g/mol. The van der Waals surface area contributed by atoms with Crippen molar-refractivity contribution in [2.24, 2.45) is 0 Å². The molecule has 1 fully saturated rings. The Balaban J connectivity index is 1.53. The molecule has 1 heterocycles. The molecular formula is C33H48N2O3S. The van der Waals surface area contributed by atoms with Gasteiger partial charge in [0.1, 0.15) is 11.8 Å². The summed E-state index contributed by atoms with van der Waals surface area (Å²) in [6.07, 6.45) is 4.61. The quantitative estimate of drug-likeness (QED) is 0.264. The van der Waals surface area contributed by atoms with Crippen LogP contribution in [0.25, 0.3) is 0 Å². The molecule has 6 heteroatoms. The van der Waals surface area contributed by atoms with Gasteiger partial charge >= 0.3 is 0 Å².